The highest BCUT2D eigenvalue weighted by atomic mass is 15.3. The molecule has 2 aromatic rings. The zero-order valence-electron chi connectivity index (χ0n) is 10.1. The molecule has 90 valence electrons. The van der Waals surface area contributed by atoms with Gasteiger partial charge in [-0.15, -0.1) is 10.2 Å². The van der Waals surface area contributed by atoms with E-state index in [4.69, 9.17) is 0 Å². The molecule has 0 unspecified atom stereocenters. The van der Waals surface area contributed by atoms with Crippen molar-refractivity contribution in [3.05, 3.63) is 23.9 Å². The van der Waals surface area contributed by atoms with E-state index in [9.17, 15) is 0 Å². The minimum Gasteiger partial charge on any atom is -0.362 e. The highest BCUT2D eigenvalue weighted by Crippen LogP contribution is 2.12. The molecule has 0 bridgehead atoms. The van der Waals surface area contributed by atoms with Crippen LogP contribution in [0.3, 0.4) is 0 Å². The van der Waals surface area contributed by atoms with Crippen LogP contribution in [0.4, 0.5) is 11.8 Å². The standard InChI is InChI=1S/C10H15N7/c1-7-4-13-10(11-2)15-9(7)12-5-8-16-14-6-17(8)3/h4,6H,5H2,1-3H3,(H2,11,12,13,15). The lowest BCUT2D eigenvalue weighted by Crippen LogP contribution is -2.09. The molecule has 0 radical (unpaired) electrons. The van der Waals surface area contributed by atoms with Gasteiger partial charge in [0.05, 0.1) is 6.54 Å². The second-order valence-electron chi connectivity index (χ2n) is 3.69. The van der Waals surface area contributed by atoms with Crippen LogP contribution < -0.4 is 10.6 Å². The summed E-state index contributed by atoms with van der Waals surface area (Å²) in [6.45, 7) is 2.54. The molecular weight excluding hydrogens is 218 g/mol. The number of aryl methyl sites for hydroxylation is 2. The fourth-order valence-corrected chi connectivity index (χ4v) is 1.37. The van der Waals surface area contributed by atoms with E-state index in [1.54, 1.807) is 19.6 Å². The van der Waals surface area contributed by atoms with Crippen LogP contribution in [0.2, 0.25) is 0 Å². The molecule has 17 heavy (non-hydrogen) atoms. The van der Waals surface area contributed by atoms with Crippen LogP contribution in [0.1, 0.15) is 11.4 Å². The van der Waals surface area contributed by atoms with Gasteiger partial charge in [0.15, 0.2) is 5.82 Å². The summed E-state index contributed by atoms with van der Waals surface area (Å²) in [4.78, 5) is 8.45. The van der Waals surface area contributed by atoms with Crippen LogP contribution in [0.25, 0.3) is 0 Å². The van der Waals surface area contributed by atoms with Crippen LogP contribution in [0.15, 0.2) is 12.5 Å². The third-order valence-corrected chi connectivity index (χ3v) is 2.41. The maximum Gasteiger partial charge on any atom is 0.224 e. The zero-order chi connectivity index (χ0) is 12.3. The molecule has 0 amide bonds. The van der Waals surface area contributed by atoms with E-state index < -0.39 is 0 Å². The van der Waals surface area contributed by atoms with E-state index in [0.717, 1.165) is 17.2 Å². The first kappa shape index (κ1) is 11.3. The number of nitrogens with zero attached hydrogens (tertiary/aromatic N) is 5. The van der Waals surface area contributed by atoms with Crippen molar-refractivity contribution in [2.75, 3.05) is 17.7 Å². The summed E-state index contributed by atoms with van der Waals surface area (Å²) in [6, 6.07) is 0. The Morgan fingerprint density at radius 3 is 2.88 bits per heavy atom. The van der Waals surface area contributed by atoms with Crippen LogP contribution in [0.5, 0.6) is 0 Å². The Morgan fingerprint density at radius 2 is 2.24 bits per heavy atom. The molecule has 0 spiro atoms. The predicted molar refractivity (Wildman–Crippen MR) is 64.6 cm³/mol. The Morgan fingerprint density at radius 1 is 1.41 bits per heavy atom. The minimum atomic E-state index is 0.581. The summed E-state index contributed by atoms with van der Waals surface area (Å²) in [7, 11) is 3.69. The Labute approximate surface area is 99.3 Å². The average Bonchev–Trinajstić information content (AvgIpc) is 2.74. The van der Waals surface area contributed by atoms with E-state index in [0.29, 0.717) is 12.5 Å². The number of hydrogen-bond acceptors (Lipinski definition) is 6. The monoisotopic (exact) mass is 233 g/mol. The van der Waals surface area contributed by atoms with E-state index >= 15 is 0 Å². The topological polar surface area (TPSA) is 80.5 Å². The summed E-state index contributed by atoms with van der Waals surface area (Å²) in [6.07, 6.45) is 3.45. The normalized spacial score (nSPS) is 10.3. The smallest absolute Gasteiger partial charge is 0.224 e. The Balaban J connectivity index is 2.11. The van der Waals surface area contributed by atoms with Gasteiger partial charge in [-0.2, -0.15) is 4.98 Å². The molecule has 2 N–H and O–H groups in total. The van der Waals surface area contributed by atoms with Crippen molar-refractivity contribution >= 4 is 11.8 Å². The molecule has 7 nitrogen and oxygen atoms in total. The maximum atomic E-state index is 4.33. The molecule has 2 rings (SSSR count). The highest BCUT2D eigenvalue weighted by Gasteiger charge is 2.05. The minimum absolute atomic E-state index is 0.581. The molecule has 2 heterocycles. The van der Waals surface area contributed by atoms with Crippen LogP contribution in [-0.4, -0.2) is 31.8 Å². The van der Waals surface area contributed by atoms with Gasteiger partial charge in [0.1, 0.15) is 12.1 Å². The lowest BCUT2D eigenvalue weighted by Gasteiger charge is -2.08. The van der Waals surface area contributed by atoms with Crippen molar-refractivity contribution in [3.63, 3.8) is 0 Å². The second kappa shape index (κ2) is 4.77. The van der Waals surface area contributed by atoms with Crippen molar-refractivity contribution in [1.29, 1.82) is 0 Å². The lowest BCUT2D eigenvalue weighted by molar-refractivity contribution is 0.809. The Kier molecular flexibility index (Phi) is 3.17. The van der Waals surface area contributed by atoms with Gasteiger partial charge in [0.2, 0.25) is 5.95 Å². The van der Waals surface area contributed by atoms with Gasteiger partial charge < -0.3 is 15.2 Å². The van der Waals surface area contributed by atoms with Gasteiger partial charge in [-0.25, -0.2) is 4.98 Å². The Hall–Kier alpha value is -2.18. The van der Waals surface area contributed by atoms with Crippen molar-refractivity contribution in [3.8, 4) is 0 Å². The summed E-state index contributed by atoms with van der Waals surface area (Å²) in [5.74, 6) is 2.25. The van der Waals surface area contributed by atoms with Crippen LogP contribution in [-0.2, 0) is 13.6 Å². The summed E-state index contributed by atoms with van der Waals surface area (Å²) in [5, 5.41) is 13.9. The van der Waals surface area contributed by atoms with Gasteiger partial charge in [-0.05, 0) is 6.92 Å². The molecule has 0 aromatic carbocycles. The first-order valence-electron chi connectivity index (χ1n) is 5.29. The predicted octanol–water partition coefficient (Wildman–Crippen LogP) is 0.567. The van der Waals surface area contributed by atoms with Crippen molar-refractivity contribution in [2.45, 2.75) is 13.5 Å². The average molecular weight is 233 g/mol. The number of anilines is 2. The van der Waals surface area contributed by atoms with Gasteiger partial charge >= 0.3 is 0 Å². The second-order valence-corrected chi connectivity index (χ2v) is 3.69. The van der Waals surface area contributed by atoms with Gasteiger partial charge in [0.25, 0.3) is 0 Å². The fraction of sp³-hybridized carbons (Fsp3) is 0.400. The van der Waals surface area contributed by atoms with E-state index in [1.807, 2.05) is 18.5 Å². The van der Waals surface area contributed by atoms with E-state index in [-0.39, 0.29) is 0 Å². The number of hydrogen-bond donors (Lipinski definition) is 2. The van der Waals surface area contributed by atoms with Crippen molar-refractivity contribution < 1.29 is 0 Å². The maximum absolute atomic E-state index is 4.33. The third kappa shape index (κ3) is 2.49. The van der Waals surface area contributed by atoms with Crippen LogP contribution in [0, 0.1) is 6.92 Å². The van der Waals surface area contributed by atoms with E-state index in [2.05, 4.69) is 30.8 Å². The lowest BCUT2D eigenvalue weighted by atomic mass is 10.3. The summed E-state index contributed by atoms with van der Waals surface area (Å²) < 4.78 is 1.86. The van der Waals surface area contributed by atoms with Gasteiger partial charge in [0, 0.05) is 25.9 Å². The molecule has 0 aliphatic carbocycles. The van der Waals surface area contributed by atoms with E-state index in [1.165, 1.54) is 0 Å². The molecule has 0 saturated carbocycles. The molecule has 0 saturated heterocycles. The third-order valence-electron chi connectivity index (χ3n) is 2.41. The first-order chi connectivity index (χ1) is 8.20. The number of aromatic nitrogens is 5. The largest absolute Gasteiger partial charge is 0.362 e. The molecule has 0 aliphatic heterocycles. The van der Waals surface area contributed by atoms with Gasteiger partial charge in [-0.1, -0.05) is 0 Å². The number of rotatable bonds is 4. The van der Waals surface area contributed by atoms with Crippen molar-refractivity contribution in [1.82, 2.24) is 24.7 Å². The highest BCUT2D eigenvalue weighted by molar-refractivity contribution is 5.46. The summed E-state index contributed by atoms with van der Waals surface area (Å²) in [5.41, 5.74) is 0.992. The SMILES string of the molecule is CNc1ncc(C)c(NCc2nncn2C)n1. The molecular formula is C10H15N7. The quantitative estimate of drug-likeness (QED) is 0.803. The van der Waals surface area contributed by atoms with Crippen molar-refractivity contribution in [2.24, 2.45) is 7.05 Å². The molecule has 0 fully saturated rings. The molecule has 0 atom stereocenters. The Bertz CT molecular complexity index is 505. The van der Waals surface area contributed by atoms with Crippen LogP contribution >= 0.6 is 0 Å². The molecule has 0 aliphatic rings. The zero-order valence-corrected chi connectivity index (χ0v) is 10.1. The molecule has 7 heteroatoms. The number of nitrogens with one attached hydrogen (secondary N) is 2. The first-order valence-corrected chi connectivity index (χ1v) is 5.29. The molecule has 2 aromatic heterocycles. The van der Waals surface area contributed by atoms with Gasteiger partial charge in [-0.3, -0.25) is 0 Å². The summed E-state index contributed by atoms with van der Waals surface area (Å²) >= 11 is 0. The fourth-order valence-electron chi connectivity index (χ4n) is 1.37.